The van der Waals surface area contributed by atoms with Crippen molar-refractivity contribution in [3.05, 3.63) is 28.5 Å². The highest BCUT2D eigenvalue weighted by atomic mass is 79.9. The van der Waals surface area contributed by atoms with Gasteiger partial charge in [0, 0.05) is 0 Å². The summed E-state index contributed by atoms with van der Waals surface area (Å²) in [4.78, 5) is 14.1. The van der Waals surface area contributed by atoms with E-state index in [0.717, 1.165) is 0 Å². The molecule has 0 saturated heterocycles. The largest absolute Gasteiger partial charge is 0.293 e. The third kappa shape index (κ3) is 2.03. The Kier molecular flexibility index (Phi) is 3.33. The average Bonchev–Trinajstić information content (AvgIpc) is 2.12. The molecule has 13 heavy (non-hydrogen) atoms. The third-order valence-electron chi connectivity index (χ3n) is 1.33. The summed E-state index contributed by atoms with van der Waals surface area (Å²) in [6.07, 6.45) is 0.628. The number of pyridine rings is 1. The van der Waals surface area contributed by atoms with Gasteiger partial charge in [-0.2, -0.15) is 4.39 Å². The molecule has 0 aliphatic rings. The number of aromatic nitrogens is 1. The number of alkyl halides is 1. The van der Waals surface area contributed by atoms with Gasteiger partial charge in [-0.15, -0.1) is 0 Å². The summed E-state index contributed by atoms with van der Waals surface area (Å²) in [5.41, 5.74) is -0.515. The average molecular weight is 270 g/mol. The molecule has 0 fully saturated rings. The van der Waals surface area contributed by atoms with E-state index < -0.39 is 28.1 Å². The molecule has 1 aromatic rings. The Balaban J connectivity index is 3.33. The van der Waals surface area contributed by atoms with E-state index in [1.165, 1.54) is 0 Å². The van der Waals surface area contributed by atoms with Gasteiger partial charge < -0.3 is 0 Å². The van der Waals surface area contributed by atoms with E-state index >= 15 is 0 Å². The van der Waals surface area contributed by atoms with Crippen molar-refractivity contribution in [3.8, 4) is 0 Å². The molecule has 0 radical (unpaired) electrons. The summed E-state index contributed by atoms with van der Waals surface area (Å²) >= 11 is 8.19. The second-order valence-corrected chi connectivity index (χ2v) is 3.08. The minimum atomic E-state index is -1.06. The fourth-order valence-corrected chi connectivity index (χ4v) is 1.26. The summed E-state index contributed by atoms with van der Waals surface area (Å²) in [7, 11) is 0. The van der Waals surface area contributed by atoms with Crippen LogP contribution in [0.15, 0.2) is 6.20 Å². The van der Waals surface area contributed by atoms with E-state index in [0.29, 0.717) is 6.20 Å². The molecule has 0 amide bonds. The molecule has 0 saturated carbocycles. The maximum Gasteiger partial charge on any atom is 0.225 e. The van der Waals surface area contributed by atoms with Crippen molar-refractivity contribution in [1.82, 2.24) is 4.98 Å². The Morgan fingerprint density at radius 1 is 1.62 bits per heavy atom. The second kappa shape index (κ2) is 4.11. The standard InChI is InChI=1S/C7H3BrClF2NO/c8-1-4(13)5-6(9)3(10)2-12-7(5)11/h2H,1H2. The highest BCUT2D eigenvalue weighted by Gasteiger charge is 2.19. The van der Waals surface area contributed by atoms with Gasteiger partial charge in [-0.1, -0.05) is 27.5 Å². The summed E-state index contributed by atoms with van der Waals surface area (Å²) < 4.78 is 25.6. The first-order valence-electron chi connectivity index (χ1n) is 3.16. The highest BCUT2D eigenvalue weighted by molar-refractivity contribution is 9.09. The molecule has 1 rings (SSSR count). The number of ketones is 1. The third-order valence-corrected chi connectivity index (χ3v) is 2.21. The van der Waals surface area contributed by atoms with Crippen LogP contribution in [0, 0.1) is 11.8 Å². The number of carbonyl (C=O) groups is 1. The molecule has 0 aliphatic heterocycles. The Morgan fingerprint density at radius 2 is 2.23 bits per heavy atom. The monoisotopic (exact) mass is 269 g/mol. The van der Waals surface area contributed by atoms with Crippen LogP contribution in [0.1, 0.15) is 10.4 Å². The minimum Gasteiger partial charge on any atom is -0.293 e. The lowest BCUT2D eigenvalue weighted by Crippen LogP contribution is -2.07. The van der Waals surface area contributed by atoms with E-state index in [-0.39, 0.29) is 5.33 Å². The first-order chi connectivity index (χ1) is 6.07. The van der Waals surface area contributed by atoms with Gasteiger partial charge in [-0.3, -0.25) is 4.79 Å². The molecule has 0 spiro atoms. The number of halogens is 4. The van der Waals surface area contributed by atoms with E-state index in [1.54, 1.807) is 0 Å². The fourth-order valence-electron chi connectivity index (χ4n) is 0.749. The van der Waals surface area contributed by atoms with Crippen LogP contribution < -0.4 is 0 Å². The van der Waals surface area contributed by atoms with Crippen LogP contribution >= 0.6 is 27.5 Å². The van der Waals surface area contributed by atoms with Gasteiger partial charge in [-0.25, -0.2) is 9.37 Å². The zero-order chi connectivity index (χ0) is 10.0. The molecule has 0 aromatic carbocycles. The summed E-state index contributed by atoms with van der Waals surface area (Å²) in [5.74, 6) is -2.61. The number of nitrogens with zero attached hydrogens (tertiary/aromatic N) is 1. The molecule has 0 aliphatic carbocycles. The van der Waals surface area contributed by atoms with Gasteiger partial charge in [0.25, 0.3) is 0 Å². The first-order valence-corrected chi connectivity index (χ1v) is 4.66. The van der Waals surface area contributed by atoms with Crippen LogP contribution in [-0.4, -0.2) is 16.1 Å². The SMILES string of the molecule is O=C(CBr)c1c(F)ncc(F)c1Cl. The lowest BCUT2D eigenvalue weighted by molar-refractivity contribution is 0.101. The lowest BCUT2D eigenvalue weighted by Gasteiger charge is -2.01. The van der Waals surface area contributed by atoms with Gasteiger partial charge >= 0.3 is 0 Å². The normalized spacial score (nSPS) is 10.2. The van der Waals surface area contributed by atoms with Crippen LogP contribution in [0.5, 0.6) is 0 Å². The molecular weight excluding hydrogens is 267 g/mol. The highest BCUT2D eigenvalue weighted by Crippen LogP contribution is 2.21. The van der Waals surface area contributed by atoms with Crippen molar-refractivity contribution in [2.75, 3.05) is 5.33 Å². The van der Waals surface area contributed by atoms with Crippen molar-refractivity contribution in [2.45, 2.75) is 0 Å². The van der Waals surface area contributed by atoms with Crippen LogP contribution in [0.4, 0.5) is 8.78 Å². The van der Waals surface area contributed by atoms with Crippen molar-refractivity contribution >= 4 is 33.3 Å². The Labute approximate surface area is 86.0 Å². The topological polar surface area (TPSA) is 30.0 Å². The van der Waals surface area contributed by atoms with Crippen molar-refractivity contribution in [3.63, 3.8) is 0 Å². The predicted octanol–water partition coefficient (Wildman–Crippen LogP) is 2.59. The second-order valence-electron chi connectivity index (χ2n) is 2.14. The molecule has 0 unspecified atom stereocenters. The zero-order valence-corrected chi connectivity index (χ0v) is 8.49. The predicted molar refractivity (Wildman–Crippen MR) is 47.3 cm³/mol. The molecule has 0 bridgehead atoms. The number of Topliss-reactive ketones (excluding diaryl/α,β-unsaturated/α-hetero) is 1. The molecule has 2 nitrogen and oxygen atoms in total. The van der Waals surface area contributed by atoms with Crippen molar-refractivity contribution in [2.24, 2.45) is 0 Å². The molecule has 0 N–H and O–H groups in total. The Bertz CT molecular complexity index is 359. The lowest BCUT2D eigenvalue weighted by atomic mass is 10.2. The molecular formula is C7H3BrClF2NO. The summed E-state index contributed by atoms with van der Waals surface area (Å²) in [6.45, 7) is 0. The van der Waals surface area contributed by atoms with E-state index in [9.17, 15) is 13.6 Å². The minimum absolute atomic E-state index is 0.130. The molecule has 0 atom stereocenters. The molecule has 1 heterocycles. The van der Waals surface area contributed by atoms with Crippen LogP contribution in [-0.2, 0) is 0 Å². The van der Waals surface area contributed by atoms with Crippen molar-refractivity contribution < 1.29 is 13.6 Å². The summed E-state index contributed by atoms with van der Waals surface area (Å²) in [6, 6.07) is 0. The van der Waals surface area contributed by atoms with Crippen molar-refractivity contribution in [1.29, 1.82) is 0 Å². The molecule has 1 aromatic heterocycles. The quantitative estimate of drug-likeness (QED) is 0.470. The first kappa shape index (κ1) is 10.5. The van der Waals surface area contributed by atoms with E-state index in [4.69, 9.17) is 11.6 Å². The maximum absolute atomic E-state index is 12.9. The van der Waals surface area contributed by atoms with Gasteiger partial charge in [0.15, 0.2) is 11.6 Å². The number of hydrogen-bond acceptors (Lipinski definition) is 2. The Hall–Kier alpha value is -0.550. The Morgan fingerprint density at radius 3 is 2.77 bits per heavy atom. The number of hydrogen-bond donors (Lipinski definition) is 0. The van der Waals surface area contributed by atoms with Crippen LogP contribution in [0.25, 0.3) is 0 Å². The summed E-state index contributed by atoms with van der Waals surface area (Å²) in [5, 5.41) is -0.661. The van der Waals surface area contributed by atoms with Crippen LogP contribution in [0.2, 0.25) is 5.02 Å². The fraction of sp³-hybridized carbons (Fsp3) is 0.143. The molecule has 70 valence electrons. The van der Waals surface area contributed by atoms with Crippen LogP contribution in [0.3, 0.4) is 0 Å². The molecule has 6 heteroatoms. The van der Waals surface area contributed by atoms with E-state index in [2.05, 4.69) is 20.9 Å². The van der Waals surface area contributed by atoms with E-state index in [1.807, 2.05) is 0 Å². The van der Waals surface area contributed by atoms with Gasteiger partial charge in [0.05, 0.1) is 22.1 Å². The number of rotatable bonds is 2. The van der Waals surface area contributed by atoms with Gasteiger partial charge in [0.1, 0.15) is 0 Å². The smallest absolute Gasteiger partial charge is 0.225 e. The number of carbonyl (C=O) groups excluding carboxylic acids is 1. The zero-order valence-electron chi connectivity index (χ0n) is 6.15. The van der Waals surface area contributed by atoms with Gasteiger partial charge in [0.2, 0.25) is 5.95 Å². The maximum atomic E-state index is 12.9. The van der Waals surface area contributed by atoms with Gasteiger partial charge in [-0.05, 0) is 0 Å².